The number of benzene rings is 1. The van der Waals surface area contributed by atoms with E-state index in [9.17, 15) is 0 Å². The van der Waals surface area contributed by atoms with Gasteiger partial charge in [-0.25, -0.2) is 0 Å². The lowest BCUT2D eigenvalue weighted by Crippen LogP contribution is -2.35. The van der Waals surface area contributed by atoms with Crippen LogP contribution in [0.3, 0.4) is 0 Å². The molecule has 1 unspecified atom stereocenters. The molecule has 15 heavy (non-hydrogen) atoms. The van der Waals surface area contributed by atoms with Crippen molar-refractivity contribution in [2.45, 2.75) is 25.2 Å². The topological polar surface area (TPSA) is 12.0 Å². The van der Waals surface area contributed by atoms with Gasteiger partial charge in [0, 0.05) is 24.0 Å². The fourth-order valence-corrected chi connectivity index (χ4v) is 3.25. The molecular weight excluding hydrogens is 206 g/mol. The van der Waals surface area contributed by atoms with Crippen molar-refractivity contribution in [3.8, 4) is 0 Å². The van der Waals surface area contributed by atoms with Crippen LogP contribution in [0.4, 0.5) is 0 Å². The maximum Gasteiger partial charge on any atom is 0.0406 e. The molecule has 0 radical (unpaired) electrons. The van der Waals surface area contributed by atoms with Crippen molar-refractivity contribution in [2.24, 2.45) is 5.41 Å². The summed E-state index contributed by atoms with van der Waals surface area (Å²) >= 11 is 5.92. The van der Waals surface area contributed by atoms with Crippen molar-refractivity contribution < 1.29 is 0 Å². The van der Waals surface area contributed by atoms with Crippen LogP contribution in [0.15, 0.2) is 24.3 Å². The summed E-state index contributed by atoms with van der Waals surface area (Å²) in [6, 6.07) is 8.42. The van der Waals surface area contributed by atoms with Gasteiger partial charge in [0.15, 0.2) is 0 Å². The molecule has 1 spiro atoms. The Labute approximate surface area is 95.8 Å². The van der Waals surface area contributed by atoms with Gasteiger partial charge >= 0.3 is 0 Å². The molecule has 1 saturated heterocycles. The molecule has 1 aliphatic heterocycles. The van der Waals surface area contributed by atoms with Gasteiger partial charge in [-0.1, -0.05) is 30.2 Å². The number of halogens is 1. The van der Waals surface area contributed by atoms with Gasteiger partial charge in [-0.05, 0) is 36.0 Å². The normalized spacial score (nSPS) is 27.9. The minimum absolute atomic E-state index is 0.577. The smallest absolute Gasteiger partial charge is 0.0406 e. The molecule has 3 rings (SSSR count). The Morgan fingerprint density at radius 1 is 1.20 bits per heavy atom. The van der Waals surface area contributed by atoms with Crippen molar-refractivity contribution >= 4 is 11.6 Å². The monoisotopic (exact) mass is 221 g/mol. The van der Waals surface area contributed by atoms with Gasteiger partial charge in [0.1, 0.15) is 0 Å². The van der Waals surface area contributed by atoms with E-state index >= 15 is 0 Å². The number of hydrogen-bond donors (Lipinski definition) is 1. The highest BCUT2D eigenvalue weighted by Crippen LogP contribution is 2.53. The summed E-state index contributed by atoms with van der Waals surface area (Å²) < 4.78 is 0. The molecule has 1 N–H and O–H groups in total. The maximum atomic E-state index is 5.92. The van der Waals surface area contributed by atoms with Crippen molar-refractivity contribution in [1.82, 2.24) is 5.32 Å². The molecule has 0 bridgehead atoms. The van der Waals surface area contributed by atoms with E-state index in [0.717, 1.165) is 11.6 Å². The molecule has 0 aromatic heterocycles. The highest BCUT2D eigenvalue weighted by Gasteiger charge is 2.47. The third-order valence-electron chi connectivity index (χ3n) is 4.19. The Morgan fingerprint density at radius 3 is 2.53 bits per heavy atom. The maximum absolute atomic E-state index is 5.92. The van der Waals surface area contributed by atoms with Gasteiger partial charge in [-0.15, -0.1) is 0 Å². The first kappa shape index (κ1) is 9.68. The third kappa shape index (κ3) is 1.49. The number of hydrogen-bond acceptors (Lipinski definition) is 1. The molecular formula is C13H16ClN. The van der Waals surface area contributed by atoms with E-state index in [1.165, 1.54) is 31.4 Å². The van der Waals surface area contributed by atoms with Gasteiger partial charge in [-0.2, -0.15) is 0 Å². The van der Waals surface area contributed by atoms with E-state index in [2.05, 4.69) is 17.4 Å². The van der Waals surface area contributed by atoms with E-state index in [0.29, 0.717) is 11.3 Å². The number of rotatable bonds is 1. The van der Waals surface area contributed by atoms with Crippen LogP contribution in [0.2, 0.25) is 5.02 Å². The Hall–Kier alpha value is -0.530. The molecule has 1 atom stereocenters. The van der Waals surface area contributed by atoms with Crippen LogP contribution in [-0.2, 0) is 0 Å². The van der Waals surface area contributed by atoms with Crippen molar-refractivity contribution in [3.63, 3.8) is 0 Å². The van der Waals surface area contributed by atoms with Crippen LogP contribution in [0.25, 0.3) is 0 Å². The zero-order valence-electron chi connectivity index (χ0n) is 8.80. The van der Waals surface area contributed by atoms with Crippen molar-refractivity contribution in [3.05, 3.63) is 34.9 Å². The van der Waals surface area contributed by atoms with Crippen LogP contribution in [0.5, 0.6) is 0 Å². The summed E-state index contributed by atoms with van der Waals surface area (Å²) in [5.41, 5.74) is 2.04. The zero-order chi connectivity index (χ0) is 10.3. The molecule has 2 aliphatic rings. The SMILES string of the molecule is Clc1ccc(C2CNCC23CCC3)cc1. The highest BCUT2D eigenvalue weighted by atomic mass is 35.5. The van der Waals surface area contributed by atoms with Crippen LogP contribution in [0.1, 0.15) is 30.7 Å². The highest BCUT2D eigenvalue weighted by molar-refractivity contribution is 6.30. The van der Waals surface area contributed by atoms with E-state index in [1.807, 2.05) is 12.1 Å². The Balaban J connectivity index is 1.90. The van der Waals surface area contributed by atoms with E-state index in [1.54, 1.807) is 0 Å². The molecule has 1 aliphatic carbocycles. The first-order valence-electron chi connectivity index (χ1n) is 5.76. The van der Waals surface area contributed by atoms with E-state index in [-0.39, 0.29) is 0 Å². The molecule has 2 fully saturated rings. The van der Waals surface area contributed by atoms with Crippen LogP contribution in [-0.4, -0.2) is 13.1 Å². The molecule has 1 heterocycles. The average Bonchev–Trinajstić information content (AvgIpc) is 2.62. The van der Waals surface area contributed by atoms with Gasteiger partial charge in [0.25, 0.3) is 0 Å². The van der Waals surface area contributed by atoms with Crippen molar-refractivity contribution in [2.75, 3.05) is 13.1 Å². The summed E-state index contributed by atoms with van der Waals surface area (Å²) in [5, 5.41) is 4.39. The van der Waals surface area contributed by atoms with Gasteiger partial charge < -0.3 is 5.32 Å². The molecule has 0 amide bonds. The minimum Gasteiger partial charge on any atom is -0.316 e. The van der Waals surface area contributed by atoms with Crippen molar-refractivity contribution in [1.29, 1.82) is 0 Å². The Bertz CT molecular complexity index is 353. The summed E-state index contributed by atoms with van der Waals surface area (Å²) in [4.78, 5) is 0. The fraction of sp³-hybridized carbons (Fsp3) is 0.538. The lowest BCUT2D eigenvalue weighted by molar-refractivity contribution is 0.137. The lowest BCUT2D eigenvalue weighted by Gasteiger charge is -2.43. The summed E-state index contributed by atoms with van der Waals surface area (Å²) in [5.74, 6) is 0.712. The van der Waals surface area contributed by atoms with Gasteiger partial charge in [0.05, 0.1) is 0 Å². The van der Waals surface area contributed by atoms with Gasteiger partial charge in [-0.3, -0.25) is 0 Å². The molecule has 1 aromatic carbocycles. The first-order valence-corrected chi connectivity index (χ1v) is 6.14. The first-order chi connectivity index (χ1) is 7.30. The number of nitrogens with one attached hydrogen (secondary N) is 1. The van der Waals surface area contributed by atoms with Crippen LogP contribution < -0.4 is 5.32 Å². The van der Waals surface area contributed by atoms with E-state index in [4.69, 9.17) is 11.6 Å². The largest absolute Gasteiger partial charge is 0.316 e. The molecule has 1 saturated carbocycles. The Morgan fingerprint density at radius 2 is 1.93 bits per heavy atom. The fourth-order valence-electron chi connectivity index (χ4n) is 3.13. The van der Waals surface area contributed by atoms with Crippen LogP contribution >= 0.6 is 11.6 Å². The van der Waals surface area contributed by atoms with E-state index < -0.39 is 0 Å². The molecule has 1 aromatic rings. The summed E-state index contributed by atoms with van der Waals surface area (Å²) in [7, 11) is 0. The summed E-state index contributed by atoms with van der Waals surface area (Å²) in [6.07, 6.45) is 4.20. The van der Waals surface area contributed by atoms with Crippen LogP contribution in [0, 0.1) is 5.41 Å². The predicted octanol–water partition coefficient (Wildman–Crippen LogP) is 3.20. The quantitative estimate of drug-likeness (QED) is 0.768. The second-order valence-electron chi connectivity index (χ2n) is 4.95. The lowest BCUT2D eigenvalue weighted by atomic mass is 9.61. The molecule has 2 heteroatoms. The standard InChI is InChI=1S/C13H16ClN/c14-11-4-2-10(3-5-11)12-8-15-9-13(12)6-1-7-13/h2-5,12,15H,1,6-9H2. The second-order valence-corrected chi connectivity index (χ2v) is 5.39. The minimum atomic E-state index is 0.577. The Kier molecular flexibility index (Phi) is 2.26. The molecule has 1 nitrogen and oxygen atoms in total. The molecule has 80 valence electrons. The zero-order valence-corrected chi connectivity index (χ0v) is 9.56. The summed E-state index contributed by atoms with van der Waals surface area (Å²) in [6.45, 7) is 2.35. The average molecular weight is 222 g/mol. The van der Waals surface area contributed by atoms with Gasteiger partial charge in [0.2, 0.25) is 0 Å². The second kappa shape index (κ2) is 3.50. The predicted molar refractivity (Wildman–Crippen MR) is 63.3 cm³/mol. The third-order valence-corrected chi connectivity index (χ3v) is 4.44.